The number of hydrogen-bond acceptors (Lipinski definition) is 10. The van der Waals surface area contributed by atoms with Crippen molar-refractivity contribution in [1.82, 2.24) is 25.0 Å². The summed E-state index contributed by atoms with van der Waals surface area (Å²) in [6.07, 6.45) is -5.80. The zero-order valence-electron chi connectivity index (χ0n) is 12.5. The summed E-state index contributed by atoms with van der Waals surface area (Å²) in [5, 5.41) is 26.5. The van der Waals surface area contributed by atoms with E-state index in [0.29, 0.717) is 0 Å². The number of fused-ring (bicyclic) bond motifs is 1. The van der Waals surface area contributed by atoms with Crippen LogP contribution >= 0.6 is 7.82 Å². The van der Waals surface area contributed by atoms with Crippen LogP contribution in [0.4, 0.5) is 5.95 Å². The van der Waals surface area contributed by atoms with E-state index in [1.54, 1.807) is 0 Å². The van der Waals surface area contributed by atoms with Crippen LogP contribution in [0.2, 0.25) is 0 Å². The fourth-order valence-electron chi connectivity index (χ4n) is 2.37. The van der Waals surface area contributed by atoms with Gasteiger partial charge in [0.2, 0.25) is 5.95 Å². The number of nitrogen functional groups attached to an aromatic ring is 1. The van der Waals surface area contributed by atoms with Crippen molar-refractivity contribution < 1.29 is 33.8 Å². The number of hydrogen-bond donors (Lipinski definition) is 6. The van der Waals surface area contributed by atoms with E-state index >= 15 is 0 Å². The number of anilines is 1. The third-order valence-corrected chi connectivity index (χ3v) is 3.86. The normalized spacial score (nSPS) is 26.7. The predicted molar refractivity (Wildman–Crippen MR) is 80.0 cm³/mol. The van der Waals surface area contributed by atoms with E-state index in [2.05, 4.69) is 24.8 Å². The molecule has 1 aliphatic heterocycles. The minimum atomic E-state index is -5.00. The number of aromatic amines is 1. The zero-order chi connectivity index (χ0) is 17.6. The molecule has 0 saturated carbocycles. The Balaban J connectivity index is 0.00000225. The Morgan fingerprint density at radius 1 is 1.44 bits per heavy atom. The first-order valence-electron chi connectivity index (χ1n) is 6.50. The molecule has 3 heterocycles. The average Bonchev–Trinajstić information content (AvgIpc) is 3.00. The number of aromatic nitrogens is 5. The second-order valence-corrected chi connectivity index (χ2v) is 6.15. The van der Waals surface area contributed by atoms with Crippen LogP contribution in [0, 0.1) is 0 Å². The molecule has 1 aliphatic rings. The number of phosphoric acid groups is 1. The van der Waals surface area contributed by atoms with Gasteiger partial charge in [0.25, 0.3) is 5.56 Å². The molecule has 2 aromatic rings. The van der Waals surface area contributed by atoms with Gasteiger partial charge in [-0.2, -0.15) is 9.67 Å². The molecule has 7 N–H and O–H groups in total. The second-order valence-electron chi connectivity index (χ2n) is 4.96. The van der Waals surface area contributed by atoms with Gasteiger partial charge in [0.15, 0.2) is 17.4 Å². The summed E-state index contributed by atoms with van der Waals surface area (Å²) in [5.74, 6) is -0.249. The molecule has 0 aromatic carbocycles. The van der Waals surface area contributed by atoms with Crippen LogP contribution in [-0.4, -0.2) is 119 Å². The van der Waals surface area contributed by atoms with Crippen molar-refractivity contribution in [2.75, 3.05) is 12.3 Å². The molecule has 1 fully saturated rings. The number of rotatable bonds is 4. The first kappa shape index (κ1) is 20.9. The molecule has 134 valence electrons. The van der Waals surface area contributed by atoms with Crippen LogP contribution in [0.25, 0.3) is 11.2 Å². The van der Waals surface area contributed by atoms with Crippen molar-refractivity contribution in [2.24, 2.45) is 0 Å². The van der Waals surface area contributed by atoms with Crippen molar-refractivity contribution in [1.29, 1.82) is 0 Å². The summed E-state index contributed by atoms with van der Waals surface area (Å²) in [6.45, 7) is -0.651. The molecule has 0 spiro atoms. The first-order chi connectivity index (χ1) is 11.2. The van der Waals surface area contributed by atoms with E-state index in [0.717, 1.165) is 4.68 Å². The molecule has 0 aliphatic carbocycles. The number of nitrogens with two attached hydrogens (primary N) is 1. The van der Waals surface area contributed by atoms with Gasteiger partial charge in [-0.1, -0.05) is 5.21 Å². The summed E-state index contributed by atoms with van der Waals surface area (Å²) in [4.78, 5) is 35.8. The zero-order valence-corrected chi connectivity index (χ0v) is 17.8. The Morgan fingerprint density at radius 2 is 2.12 bits per heavy atom. The molecule has 3 rings (SSSR count). The van der Waals surface area contributed by atoms with Gasteiger partial charge in [0, 0.05) is 48.9 Å². The molecule has 4 atom stereocenters. The molecule has 16 heteroatoms. The maximum atomic E-state index is 11.7. The monoisotopic (exact) mass is 502 g/mol. The van der Waals surface area contributed by atoms with Crippen molar-refractivity contribution in [3.8, 4) is 0 Å². The van der Waals surface area contributed by atoms with Gasteiger partial charge >= 0.3 is 7.82 Å². The molecule has 0 amide bonds. The molecule has 2 aromatic heterocycles. The van der Waals surface area contributed by atoms with E-state index in [4.69, 9.17) is 20.3 Å². The van der Waals surface area contributed by atoms with Crippen molar-refractivity contribution in [3.63, 3.8) is 0 Å². The Morgan fingerprint density at radius 3 is 2.72 bits per heavy atom. The topological polar surface area (TPSA) is 219 Å². The number of H-pyrrole nitrogens is 1. The van der Waals surface area contributed by atoms with E-state index in [1.165, 1.54) is 0 Å². The number of nitrogens with zero attached hydrogens (tertiary/aromatic N) is 4. The largest absolute Gasteiger partial charge is 0.470 e. The number of nitrogens with one attached hydrogen (secondary N) is 1. The smallest absolute Gasteiger partial charge is 0.394 e. The van der Waals surface area contributed by atoms with Crippen LogP contribution in [0.3, 0.4) is 0 Å². The Labute approximate surface area is 178 Å². The Hall–Kier alpha value is -0.359. The van der Waals surface area contributed by atoms with Crippen LogP contribution < -0.4 is 11.3 Å². The van der Waals surface area contributed by atoms with Crippen molar-refractivity contribution in [3.05, 3.63) is 10.4 Å². The van der Waals surface area contributed by atoms with Gasteiger partial charge in [-0.25, -0.2) is 4.57 Å². The maximum absolute atomic E-state index is 11.7. The molecule has 2 radical (unpaired) electrons. The number of aliphatic hydroxyl groups is 2. The molecule has 25 heavy (non-hydrogen) atoms. The Kier molecular flexibility index (Phi) is 6.46. The molecule has 1 saturated heterocycles. The number of ether oxygens (including phenoxy) is 1. The van der Waals surface area contributed by atoms with Crippen LogP contribution in [-0.2, 0) is 13.8 Å². The van der Waals surface area contributed by atoms with E-state index in [-0.39, 0.29) is 66.0 Å². The third-order valence-electron chi connectivity index (χ3n) is 3.35. The molecular formula is C9H13BaN6O8P. The standard InChI is InChI=1S/C9H13N6O8P.Ba/c10-9-11-6-3(7(18)12-9)13-14-15(6)8-5(23-24(19,20)21)4(17)2(1-16)22-8;/h2,4-5,8,16-17H,1H2,(H2,19,20,21)(H3,10,11,12,18);/t2-,4-,5-,8-;/m1./s1. The third kappa shape index (κ3) is 4.15. The number of aliphatic hydroxyl groups excluding tert-OH is 2. The maximum Gasteiger partial charge on any atom is 0.470 e. The summed E-state index contributed by atoms with van der Waals surface area (Å²) >= 11 is 0. The SMILES string of the molecule is Nc1nc2c(nnn2[C@@H]2O[C@H](CO)[C@@H](O)[C@H]2OP(=O)(O)O)c(=O)[nH]1.[Ba]. The fourth-order valence-corrected chi connectivity index (χ4v) is 2.91. The van der Waals surface area contributed by atoms with Gasteiger partial charge in [-0.3, -0.25) is 14.3 Å². The minimum absolute atomic E-state index is 0. The van der Waals surface area contributed by atoms with Gasteiger partial charge in [-0.15, -0.1) is 5.10 Å². The van der Waals surface area contributed by atoms with Crippen LogP contribution in [0.1, 0.15) is 6.23 Å². The first-order valence-corrected chi connectivity index (χ1v) is 8.03. The second kappa shape index (κ2) is 7.71. The minimum Gasteiger partial charge on any atom is -0.394 e. The van der Waals surface area contributed by atoms with Gasteiger partial charge in [-0.05, 0) is 0 Å². The van der Waals surface area contributed by atoms with Gasteiger partial charge < -0.3 is 30.5 Å². The molecule has 0 bridgehead atoms. The summed E-state index contributed by atoms with van der Waals surface area (Å²) in [5.41, 5.74) is 4.41. The molecule has 14 nitrogen and oxygen atoms in total. The van der Waals surface area contributed by atoms with Gasteiger partial charge in [0.1, 0.15) is 18.3 Å². The van der Waals surface area contributed by atoms with E-state index in [9.17, 15) is 19.6 Å². The van der Waals surface area contributed by atoms with Crippen molar-refractivity contribution in [2.45, 2.75) is 24.5 Å². The Bertz CT molecular complexity index is 867. The van der Waals surface area contributed by atoms with E-state index < -0.39 is 44.5 Å². The van der Waals surface area contributed by atoms with Gasteiger partial charge in [0.05, 0.1) is 6.61 Å². The van der Waals surface area contributed by atoms with E-state index in [1.807, 2.05) is 0 Å². The predicted octanol–water partition coefficient (Wildman–Crippen LogP) is -3.56. The summed E-state index contributed by atoms with van der Waals surface area (Å²) in [6, 6.07) is 0. The quantitative estimate of drug-likeness (QED) is 0.177. The summed E-state index contributed by atoms with van der Waals surface area (Å²) in [7, 11) is -5.00. The fraction of sp³-hybridized carbons (Fsp3) is 0.556. The average molecular weight is 502 g/mol. The molecular weight excluding hydrogens is 488 g/mol. The van der Waals surface area contributed by atoms with Crippen LogP contribution in [0.15, 0.2) is 4.79 Å². The summed E-state index contributed by atoms with van der Waals surface area (Å²) < 4.78 is 21.9. The van der Waals surface area contributed by atoms with Crippen LogP contribution in [0.5, 0.6) is 0 Å². The van der Waals surface area contributed by atoms with Crippen molar-refractivity contribution >= 4 is 73.8 Å². The number of phosphoric ester groups is 1. The molecule has 0 unspecified atom stereocenters.